The molecule has 8 nitrogen and oxygen atoms in total. The summed E-state index contributed by atoms with van der Waals surface area (Å²) in [5.41, 5.74) is 3.90. The number of nitrogens with one attached hydrogen (secondary N) is 1. The van der Waals surface area contributed by atoms with Gasteiger partial charge in [0.15, 0.2) is 0 Å². The van der Waals surface area contributed by atoms with Gasteiger partial charge in [-0.3, -0.25) is 19.7 Å². The Morgan fingerprint density at radius 3 is 2.47 bits per heavy atom. The molecule has 1 saturated carbocycles. The lowest BCUT2D eigenvalue weighted by Crippen LogP contribution is -2.52. The standard InChI is InChI=1S/C34H39FN4O4/c35-26-3-1-2-4-27(26)38-15-9-33(10-16-38)17-22(18-33)19-37-13-11-34(12-14-37)21-43-30-24-20-39(28-7-8-29(40)36-31(28)41)32(42)23(24)5-6-25(30)34/h1-6,22,28H,7-21H2,(H,36,40,41). The number of ether oxygens (including phenoxy) is 1. The first-order valence-electron chi connectivity index (χ1n) is 16.0. The number of likely N-dealkylation sites (tertiary alicyclic amines) is 1. The van der Waals surface area contributed by atoms with Gasteiger partial charge >= 0.3 is 0 Å². The predicted molar refractivity (Wildman–Crippen MR) is 158 cm³/mol. The van der Waals surface area contributed by atoms with Crippen molar-refractivity contribution in [3.63, 3.8) is 0 Å². The molecule has 3 saturated heterocycles. The maximum Gasteiger partial charge on any atom is 0.255 e. The molecule has 5 aliphatic heterocycles. The highest BCUT2D eigenvalue weighted by atomic mass is 19.1. The third kappa shape index (κ3) is 4.45. The fourth-order valence-electron chi connectivity index (χ4n) is 9.06. The molecule has 3 amide bonds. The van der Waals surface area contributed by atoms with Gasteiger partial charge in [0.2, 0.25) is 11.8 Å². The van der Waals surface area contributed by atoms with E-state index in [-0.39, 0.29) is 35.4 Å². The lowest BCUT2D eigenvalue weighted by Gasteiger charge is -2.54. The highest BCUT2D eigenvalue weighted by Gasteiger charge is 2.49. The second kappa shape index (κ2) is 10.0. The SMILES string of the molecule is O=C1CCC(N2Cc3c(ccc4c3OCC43CCN(CC4CC5(CCN(c6ccccc6F)CC5)C4)CC3)C2=O)C(=O)N1. The van der Waals surface area contributed by atoms with Crippen molar-refractivity contribution in [2.75, 3.05) is 44.2 Å². The van der Waals surface area contributed by atoms with Crippen molar-refractivity contribution in [2.24, 2.45) is 11.3 Å². The predicted octanol–water partition coefficient (Wildman–Crippen LogP) is 4.01. The van der Waals surface area contributed by atoms with Gasteiger partial charge in [-0.15, -0.1) is 0 Å². The Kier molecular flexibility index (Phi) is 6.33. The lowest BCUT2D eigenvalue weighted by atomic mass is 9.57. The molecule has 6 aliphatic rings. The number of rotatable bonds is 4. The van der Waals surface area contributed by atoms with Gasteiger partial charge in [-0.2, -0.15) is 0 Å². The summed E-state index contributed by atoms with van der Waals surface area (Å²) in [6.45, 7) is 6.14. The summed E-state index contributed by atoms with van der Waals surface area (Å²) in [5.74, 6) is 0.662. The van der Waals surface area contributed by atoms with Gasteiger partial charge in [-0.05, 0) is 87.6 Å². The number of benzene rings is 2. The van der Waals surface area contributed by atoms with Gasteiger partial charge in [0.05, 0.1) is 18.8 Å². The van der Waals surface area contributed by atoms with E-state index in [4.69, 9.17) is 4.74 Å². The van der Waals surface area contributed by atoms with Crippen LogP contribution in [0.5, 0.6) is 5.75 Å². The molecule has 0 aromatic heterocycles. The van der Waals surface area contributed by atoms with E-state index in [0.717, 1.165) is 81.3 Å². The van der Waals surface area contributed by atoms with Crippen molar-refractivity contribution in [2.45, 2.75) is 69.4 Å². The van der Waals surface area contributed by atoms with Crippen LogP contribution in [0.3, 0.4) is 0 Å². The van der Waals surface area contributed by atoms with Crippen LogP contribution in [0.25, 0.3) is 0 Å². The fraction of sp³-hybridized carbons (Fsp3) is 0.559. The molecule has 1 aliphatic carbocycles. The third-order valence-corrected chi connectivity index (χ3v) is 11.5. The van der Waals surface area contributed by atoms with Gasteiger partial charge in [0.25, 0.3) is 5.91 Å². The van der Waals surface area contributed by atoms with Gasteiger partial charge in [-0.1, -0.05) is 18.2 Å². The Bertz CT molecular complexity index is 1490. The highest BCUT2D eigenvalue weighted by molar-refractivity contribution is 6.05. The first kappa shape index (κ1) is 27.1. The Labute approximate surface area is 251 Å². The number of anilines is 1. The zero-order valence-electron chi connectivity index (χ0n) is 24.6. The van der Waals surface area contributed by atoms with Crippen LogP contribution in [-0.4, -0.2) is 72.9 Å². The van der Waals surface area contributed by atoms with Crippen LogP contribution in [0.1, 0.15) is 72.9 Å². The average Bonchev–Trinajstić information content (AvgIpc) is 3.52. The zero-order valence-corrected chi connectivity index (χ0v) is 24.6. The molecule has 2 spiro atoms. The number of hydrogen-bond acceptors (Lipinski definition) is 6. The van der Waals surface area contributed by atoms with Crippen LogP contribution in [0, 0.1) is 17.2 Å². The summed E-state index contributed by atoms with van der Waals surface area (Å²) in [6, 6.07) is 10.5. The highest BCUT2D eigenvalue weighted by Crippen LogP contribution is 2.54. The van der Waals surface area contributed by atoms with E-state index in [1.54, 1.807) is 17.0 Å². The van der Waals surface area contributed by atoms with E-state index in [9.17, 15) is 18.8 Å². The minimum Gasteiger partial charge on any atom is -0.492 e. The topological polar surface area (TPSA) is 82.2 Å². The molecule has 9 heteroatoms. The van der Waals surface area contributed by atoms with E-state index in [1.165, 1.54) is 18.4 Å². The number of amides is 3. The Balaban J connectivity index is 0.866. The molecule has 2 aromatic rings. The summed E-state index contributed by atoms with van der Waals surface area (Å²) in [6.07, 6.45) is 7.58. The largest absolute Gasteiger partial charge is 0.492 e. The summed E-state index contributed by atoms with van der Waals surface area (Å²) in [4.78, 5) is 43.8. The average molecular weight is 587 g/mol. The van der Waals surface area contributed by atoms with E-state index in [0.29, 0.717) is 30.6 Å². The van der Waals surface area contributed by atoms with Gasteiger partial charge in [0.1, 0.15) is 17.6 Å². The van der Waals surface area contributed by atoms with Crippen molar-refractivity contribution in [3.05, 3.63) is 58.9 Å². The molecular formula is C34H39FN4O4. The second-order valence-electron chi connectivity index (χ2n) is 14.0. The van der Waals surface area contributed by atoms with Crippen LogP contribution < -0.4 is 15.0 Å². The molecule has 1 N–H and O–H groups in total. The molecular weight excluding hydrogens is 547 g/mol. The van der Waals surface area contributed by atoms with E-state index < -0.39 is 6.04 Å². The molecule has 8 rings (SSSR count). The number of para-hydroxylation sites is 1. The monoisotopic (exact) mass is 586 g/mol. The molecule has 5 heterocycles. The van der Waals surface area contributed by atoms with Crippen molar-refractivity contribution in [1.29, 1.82) is 0 Å². The molecule has 43 heavy (non-hydrogen) atoms. The van der Waals surface area contributed by atoms with Crippen LogP contribution in [-0.2, 0) is 21.5 Å². The van der Waals surface area contributed by atoms with Crippen LogP contribution in [0.15, 0.2) is 36.4 Å². The van der Waals surface area contributed by atoms with E-state index in [1.807, 2.05) is 18.2 Å². The zero-order chi connectivity index (χ0) is 29.3. The maximum absolute atomic E-state index is 14.3. The number of nitrogens with zero attached hydrogens (tertiary/aromatic N) is 3. The number of hydrogen-bond donors (Lipinski definition) is 1. The van der Waals surface area contributed by atoms with Crippen LogP contribution >= 0.6 is 0 Å². The van der Waals surface area contributed by atoms with Gasteiger partial charge < -0.3 is 19.4 Å². The molecule has 4 fully saturated rings. The van der Waals surface area contributed by atoms with E-state index >= 15 is 0 Å². The summed E-state index contributed by atoms with van der Waals surface area (Å²) in [5, 5.41) is 2.38. The van der Waals surface area contributed by atoms with Crippen LogP contribution in [0.2, 0.25) is 0 Å². The van der Waals surface area contributed by atoms with Gasteiger partial charge in [0, 0.05) is 48.2 Å². The smallest absolute Gasteiger partial charge is 0.255 e. The number of halogens is 1. The molecule has 1 unspecified atom stereocenters. The summed E-state index contributed by atoms with van der Waals surface area (Å²) in [7, 11) is 0. The summed E-state index contributed by atoms with van der Waals surface area (Å²) >= 11 is 0. The maximum atomic E-state index is 14.3. The number of carbonyl (C=O) groups excluding carboxylic acids is 3. The quantitative estimate of drug-likeness (QED) is 0.546. The Morgan fingerprint density at radius 1 is 0.953 bits per heavy atom. The third-order valence-electron chi connectivity index (χ3n) is 11.5. The van der Waals surface area contributed by atoms with E-state index in [2.05, 4.69) is 21.2 Å². The van der Waals surface area contributed by atoms with Crippen molar-refractivity contribution >= 4 is 23.4 Å². The van der Waals surface area contributed by atoms with Crippen molar-refractivity contribution in [1.82, 2.24) is 15.1 Å². The number of fused-ring (bicyclic) bond motifs is 4. The Hall–Kier alpha value is -3.46. The number of imide groups is 1. The lowest BCUT2D eigenvalue weighted by molar-refractivity contribution is -0.136. The van der Waals surface area contributed by atoms with Crippen LogP contribution in [0.4, 0.5) is 10.1 Å². The molecule has 0 bridgehead atoms. The first-order chi connectivity index (χ1) is 20.8. The molecule has 0 radical (unpaired) electrons. The number of piperidine rings is 3. The van der Waals surface area contributed by atoms with Crippen molar-refractivity contribution < 1.29 is 23.5 Å². The fourth-order valence-corrected chi connectivity index (χ4v) is 9.06. The molecule has 226 valence electrons. The Morgan fingerprint density at radius 2 is 1.72 bits per heavy atom. The second-order valence-corrected chi connectivity index (χ2v) is 14.0. The van der Waals surface area contributed by atoms with Crippen molar-refractivity contribution in [3.8, 4) is 5.75 Å². The molecule has 1 atom stereocenters. The minimum absolute atomic E-state index is 0.0215. The van der Waals surface area contributed by atoms with Gasteiger partial charge in [-0.25, -0.2) is 4.39 Å². The number of carbonyl (C=O) groups is 3. The summed E-state index contributed by atoms with van der Waals surface area (Å²) < 4.78 is 20.6. The normalized spacial score (nSPS) is 26.3. The first-order valence-corrected chi connectivity index (χ1v) is 16.0. The minimum atomic E-state index is -0.614. The molecule has 2 aromatic carbocycles.